The molecule has 4 heterocycles. The van der Waals surface area contributed by atoms with Crippen molar-refractivity contribution in [3.05, 3.63) is 69.7 Å². The molecule has 0 atom stereocenters. The highest BCUT2D eigenvalue weighted by Gasteiger charge is 2.48. The van der Waals surface area contributed by atoms with Gasteiger partial charge < -0.3 is 15.2 Å². The number of aromatic amines is 1. The van der Waals surface area contributed by atoms with Gasteiger partial charge in [-0.25, -0.2) is 4.98 Å². The van der Waals surface area contributed by atoms with Gasteiger partial charge in [-0.1, -0.05) is 24.3 Å². The molecule has 2 N–H and O–H groups in total. The fraction of sp³-hybridized carbons (Fsp3) is 0.500. The van der Waals surface area contributed by atoms with Gasteiger partial charge in [0.25, 0.3) is 5.56 Å². The van der Waals surface area contributed by atoms with Gasteiger partial charge in [-0.3, -0.25) is 9.48 Å². The van der Waals surface area contributed by atoms with Crippen LogP contribution >= 0.6 is 0 Å². The SMILES string of the molecule is CN1CCC(n2cc(-c3cccc(C4(c5nc6c(c(=O)[nH]5)CNCCC6)CC4)c3)cn2)CC1. The minimum absolute atomic E-state index is 0.0197. The van der Waals surface area contributed by atoms with Gasteiger partial charge in [0.05, 0.1) is 28.9 Å². The van der Waals surface area contributed by atoms with Crippen molar-refractivity contribution in [3.8, 4) is 11.1 Å². The first-order chi connectivity index (χ1) is 16.1. The Morgan fingerprint density at radius 3 is 2.82 bits per heavy atom. The molecule has 3 aliphatic rings. The number of fused-ring (bicyclic) bond motifs is 1. The summed E-state index contributed by atoms with van der Waals surface area (Å²) in [5.74, 6) is 0.840. The van der Waals surface area contributed by atoms with Gasteiger partial charge >= 0.3 is 0 Å². The Hall–Kier alpha value is -2.77. The molecule has 3 aromatic rings. The summed E-state index contributed by atoms with van der Waals surface area (Å²) in [7, 11) is 2.19. The maximum Gasteiger partial charge on any atom is 0.255 e. The lowest BCUT2D eigenvalue weighted by molar-refractivity contribution is 0.212. The van der Waals surface area contributed by atoms with E-state index in [9.17, 15) is 4.79 Å². The van der Waals surface area contributed by atoms with Crippen LogP contribution in [0.25, 0.3) is 11.1 Å². The normalized spacial score (nSPS) is 20.9. The maximum absolute atomic E-state index is 12.9. The average Bonchev–Trinajstić information content (AvgIpc) is 3.56. The number of aromatic nitrogens is 4. The van der Waals surface area contributed by atoms with Crippen LogP contribution < -0.4 is 10.9 Å². The summed E-state index contributed by atoms with van der Waals surface area (Å²) >= 11 is 0. The first-order valence-corrected chi connectivity index (χ1v) is 12.3. The van der Waals surface area contributed by atoms with Crippen LogP contribution in [0.15, 0.2) is 41.5 Å². The number of nitrogens with zero attached hydrogens (tertiary/aromatic N) is 4. The fourth-order valence-corrected chi connectivity index (χ4v) is 5.48. The minimum Gasteiger partial charge on any atom is -0.312 e. The molecule has 1 saturated carbocycles. The van der Waals surface area contributed by atoms with Gasteiger partial charge in [0.1, 0.15) is 5.82 Å². The monoisotopic (exact) mass is 444 g/mol. The number of benzene rings is 1. The number of hydrogen-bond acceptors (Lipinski definition) is 5. The molecule has 1 aliphatic carbocycles. The summed E-state index contributed by atoms with van der Waals surface area (Å²) in [5, 5.41) is 8.04. The molecule has 0 bridgehead atoms. The molecule has 7 heteroatoms. The predicted octanol–water partition coefficient (Wildman–Crippen LogP) is 3.02. The Bertz CT molecular complexity index is 1220. The van der Waals surface area contributed by atoms with Crippen LogP contribution in [-0.4, -0.2) is 51.3 Å². The topological polar surface area (TPSA) is 78.8 Å². The lowest BCUT2D eigenvalue weighted by atomic mass is 9.92. The van der Waals surface area contributed by atoms with E-state index in [-0.39, 0.29) is 11.0 Å². The molecular formula is C26H32N6O. The summed E-state index contributed by atoms with van der Waals surface area (Å²) in [5.41, 5.74) is 5.20. The Balaban J connectivity index is 1.30. The molecular weight excluding hydrogens is 412 g/mol. The van der Waals surface area contributed by atoms with Crippen LogP contribution in [0, 0.1) is 0 Å². The van der Waals surface area contributed by atoms with Gasteiger partial charge in [0.15, 0.2) is 0 Å². The Morgan fingerprint density at radius 1 is 1.15 bits per heavy atom. The number of nitrogens with one attached hydrogen (secondary N) is 2. The first kappa shape index (κ1) is 20.8. The van der Waals surface area contributed by atoms with Crippen molar-refractivity contribution in [2.75, 3.05) is 26.7 Å². The van der Waals surface area contributed by atoms with Crippen LogP contribution in [-0.2, 0) is 18.4 Å². The maximum atomic E-state index is 12.9. The molecule has 0 radical (unpaired) electrons. The highest BCUT2D eigenvalue weighted by Crippen LogP contribution is 2.52. The molecule has 7 nitrogen and oxygen atoms in total. The van der Waals surface area contributed by atoms with E-state index in [1.165, 1.54) is 11.1 Å². The number of likely N-dealkylation sites (tertiary alicyclic amines) is 1. The van der Waals surface area contributed by atoms with E-state index in [1.54, 1.807) is 0 Å². The molecule has 0 spiro atoms. The quantitative estimate of drug-likeness (QED) is 0.647. The summed E-state index contributed by atoms with van der Waals surface area (Å²) in [4.78, 5) is 23.4. The zero-order chi connectivity index (χ0) is 22.4. The van der Waals surface area contributed by atoms with E-state index in [0.29, 0.717) is 12.6 Å². The van der Waals surface area contributed by atoms with E-state index in [4.69, 9.17) is 10.1 Å². The highest BCUT2D eigenvalue weighted by molar-refractivity contribution is 5.64. The number of rotatable bonds is 4. The second kappa shape index (κ2) is 8.22. The third-order valence-electron chi connectivity index (χ3n) is 7.79. The van der Waals surface area contributed by atoms with Crippen molar-refractivity contribution in [1.29, 1.82) is 0 Å². The average molecular weight is 445 g/mol. The Morgan fingerprint density at radius 2 is 2.00 bits per heavy atom. The van der Waals surface area contributed by atoms with E-state index in [2.05, 4.69) is 57.4 Å². The van der Waals surface area contributed by atoms with E-state index < -0.39 is 0 Å². The number of aryl methyl sites for hydroxylation is 1. The Labute approximate surface area is 194 Å². The van der Waals surface area contributed by atoms with Crippen molar-refractivity contribution in [3.63, 3.8) is 0 Å². The first-order valence-electron chi connectivity index (χ1n) is 12.3. The molecule has 33 heavy (non-hydrogen) atoms. The highest BCUT2D eigenvalue weighted by atomic mass is 16.1. The molecule has 0 unspecified atom stereocenters. The van der Waals surface area contributed by atoms with Crippen molar-refractivity contribution in [2.45, 2.75) is 56.5 Å². The molecule has 6 rings (SSSR count). The smallest absolute Gasteiger partial charge is 0.255 e. The molecule has 2 aromatic heterocycles. The molecule has 1 saturated heterocycles. The summed E-state index contributed by atoms with van der Waals surface area (Å²) < 4.78 is 2.15. The van der Waals surface area contributed by atoms with E-state index in [1.807, 2.05) is 6.20 Å². The zero-order valence-electron chi connectivity index (χ0n) is 19.3. The predicted molar refractivity (Wildman–Crippen MR) is 128 cm³/mol. The standard InChI is InChI=1S/C26H32N6O/c1-31-12-7-21(8-13-31)32-17-19(15-28-32)18-4-2-5-20(14-18)26(9-10-26)25-29-23-6-3-11-27-16-22(23)24(33)30-25/h2,4-5,14-15,17,21,27H,3,6-13,16H2,1H3,(H,29,30,33). The second-order valence-electron chi connectivity index (χ2n) is 10.0. The summed E-state index contributed by atoms with van der Waals surface area (Å²) in [6.07, 6.45) is 10.4. The number of hydrogen-bond donors (Lipinski definition) is 2. The Kier molecular flexibility index (Phi) is 5.18. The van der Waals surface area contributed by atoms with Crippen LogP contribution in [0.3, 0.4) is 0 Å². The van der Waals surface area contributed by atoms with Crippen molar-refractivity contribution in [1.82, 2.24) is 30.0 Å². The van der Waals surface area contributed by atoms with Gasteiger partial charge in [0.2, 0.25) is 0 Å². The number of piperidine rings is 1. The molecule has 2 aliphatic heterocycles. The zero-order valence-corrected chi connectivity index (χ0v) is 19.3. The molecule has 1 aromatic carbocycles. The van der Waals surface area contributed by atoms with E-state index >= 15 is 0 Å². The van der Waals surface area contributed by atoms with Crippen molar-refractivity contribution >= 4 is 0 Å². The van der Waals surface area contributed by atoms with Crippen molar-refractivity contribution in [2.24, 2.45) is 0 Å². The summed E-state index contributed by atoms with van der Waals surface area (Å²) in [6, 6.07) is 9.23. The third-order valence-corrected chi connectivity index (χ3v) is 7.79. The van der Waals surface area contributed by atoms with Gasteiger partial charge in [-0.05, 0) is 76.3 Å². The molecule has 2 fully saturated rings. The van der Waals surface area contributed by atoms with Gasteiger partial charge in [0, 0.05) is 18.3 Å². The minimum atomic E-state index is -0.173. The van der Waals surface area contributed by atoms with Crippen LogP contribution in [0.1, 0.15) is 60.8 Å². The van der Waals surface area contributed by atoms with Crippen LogP contribution in [0.5, 0.6) is 0 Å². The largest absolute Gasteiger partial charge is 0.312 e. The van der Waals surface area contributed by atoms with Gasteiger partial charge in [-0.15, -0.1) is 0 Å². The lowest BCUT2D eigenvalue weighted by Gasteiger charge is -2.28. The second-order valence-corrected chi connectivity index (χ2v) is 10.0. The van der Waals surface area contributed by atoms with Crippen molar-refractivity contribution < 1.29 is 0 Å². The fourth-order valence-electron chi connectivity index (χ4n) is 5.48. The van der Waals surface area contributed by atoms with E-state index in [0.717, 1.165) is 80.8 Å². The van der Waals surface area contributed by atoms with Gasteiger partial charge in [-0.2, -0.15) is 5.10 Å². The number of H-pyrrole nitrogens is 1. The summed E-state index contributed by atoms with van der Waals surface area (Å²) in [6.45, 7) is 3.80. The molecule has 172 valence electrons. The van der Waals surface area contributed by atoms with Crippen LogP contribution in [0.4, 0.5) is 0 Å². The third kappa shape index (κ3) is 3.83. The lowest BCUT2D eigenvalue weighted by Crippen LogP contribution is -2.31. The molecule has 0 amide bonds. The van der Waals surface area contributed by atoms with Crippen LogP contribution in [0.2, 0.25) is 0 Å².